The zero-order valence-electron chi connectivity index (χ0n) is 30.0. The van der Waals surface area contributed by atoms with E-state index in [4.69, 9.17) is 9.15 Å². The molecule has 2 fully saturated rings. The van der Waals surface area contributed by atoms with Gasteiger partial charge in [0.05, 0.1) is 28.1 Å². The van der Waals surface area contributed by atoms with Crippen molar-refractivity contribution in [3.8, 4) is 34.3 Å². The number of piperazine rings is 2. The summed E-state index contributed by atoms with van der Waals surface area (Å²) in [6.45, 7) is 7.64. The second-order valence-electron chi connectivity index (χ2n) is 14.4. The number of hydrogen-bond donors (Lipinski definition) is 0. The van der Waals surface area contributed by atoms with E-state index in [1.54, 1.807) is 29.0 Å². The van der Waals surface area contributed by atoms with Crippen LogP contribution in [0.4, 0.5) is 24.5 Å². The van der Waals surface area contributed by atoms with Gasteiger partial charge in [-0.3, -0.25) is 9.59 Å². The molecule has 1 unspecified atom stereocenters. The summed E-state index contributed by atoms with van der Waals surface area (Å²) in [6.07, 6.45) is 3.11. The van der Waals surface area contributed by atoms with Crippen LogP contribution in [0.5, 0.6) is 5.75 Å². The maximum absolute atomic E-state index is 16.0. The van der Waals surface area contributed by atoms with Gasteiger partial charge in [-0.15, -0.1) is 10.2 Å². The molecule has 0 N–H and O–H groups in total. The smallest absolute Gasteiger partial charge is 0.253 e. The van der Waals surface area contributed by atoms with Crippen molar-refractivity contribution in [2.24, 2.45) is 0 Å². The van der Waals surface area contributed by atoms with Gasteiger partial charge in [0.1, 0.15) is 35.1 Å². The fourth-order valence-corrected chi connectivity index (χ4v) is 7.72. The number of halogens is 3. The number of hydrogen-bond acceptors (Lipinski definition) is 10. The van der Waals surface area contributed by atoms with Gasteiger partial charge in [-0.1, -0.05) is 0 Å². The largest absolute Gasteiger partial charge is 0.487 e. The van der Waals surface area contributed by atoms with Crippen molar-refractivity contribution in [2.75, 3.05) is 82.9 Å². The maximum atomic E-state index is 16.0. The Hall–Kier alpha value is -5.67. The molecule has 0 radical (unpaired) electrons. The molecule has 15 heteroatoms. The number of rotatable bonds is 5. The topological polar surface area (TPSA) is 105 Å². The third-order valence-corrected chi connectivity index (χ3v) is 10.9. The van der Waals surface area contributed by atoms with Gasteiger partial charge in [0.2, 0.25) is 10.9 Å². The van der Waals surface area contributed by atoms with Crippen LogP contribution in [-0.2, 0) is 0 Å². The molecule has 0 amide bonds. The van der Waals surface area contributed by atoms with Gasteiger partial charge in [-0.2, -0.15) is 0 Å². The Bertz CT molecular complexity index is 2570. The molecular weight excluding hydrogens is 701 g/mol. The van der Waals surface area contributed by atoms with Crippen LogP contribution in [0.2, 0.25) is 0 Å². The van der Waals surface area contributed by atoms with E-state index in [1.165, 1.54) is 30.5 Å². The number of benzene rings is 3. The fraction of sp³-hybridized carbons (Fsp3) is 0.333. The number of anilines is 2. The molecule has 3 aliphatic heterocycles. The van der Waals surface area contributed by atoms with E-state index in [0.29, 0.717) is 60.0 Å². The standard InChI is InChI=1S/C39H37F3N8O4/c1-22-21-53-37-33-26(17-30(42)34(37)48-14-10-46(3)11-15-48)36(52)27(19-49(22)33)38-43-44-39(54-38)28-20-50(24-6-4-23(40)5-7-24)31-18-32(29(41)16-25(31)35(28)51)47-12-8-45(2)9-13-47/h4-7,16-20,22H,8-15,21H2,1-3H3. The van der Waals surface area contributed by atoms with Crippen molar-refractivity contribution in [3.63, 3.8) is 0 Å². The normalized spacial score (nSPS) is 18.1. The highest BCUT2D eigenvalue weighted by Crippen LogP contribution is 2.43. The van der Waals surface area contributed by atoms with Crippen molar-refractivity contribution in [2.45, 2.75) is 13.0 Å². The van der Waals surface area contributed by atoms with E-state index < -0.39 is 28.3 Å². The Morgan fingerprint density at radius 1 is 0.722 bits per heavy atom. The molecule has 6 heterocycles. The maximum Gasteiger partial charge on any atom is 0.253 e. The number of aromatic nitrogens is 4. The summed E-state index contributed by atoms with van der Waals surface area (Å²) >= 11 is 0. The molecule has 0 bridgehead atoms. The van der Waals surface area contributed by atoms with Gasteiger partial charge in [0.15, 0.2) is 11.6 Å². The molecule has 0 saturated carbocycles. The number of likely N-dealkylation sites (N-methyl/N-ethyl adjacent to an activating group) is 2. The van der Waals surface area contributed by atoms with Crippen molar-refractivity contribution in [3.05, 3.63) is 92.8 Å². The van der Waals surface area contributed by atoms with Gasteiger partial charge in [-0.05, 0) is 63.5 Å². The zero-order valence-corrected chi connectivity index (χ0v) is 30.0. The molecule has 12 nitrogen and oxygen atoms in total. The number of ether oxygens (including phenoxy) is 1. The van der Waals surface area contributed by atoms with Crippen LogP contribution < -0.4 is 25.4 Å². The van der Waals surface area contributed by atoms with E-state index in [-0.39, 0.29) is 46.3 Å². The first kappa shape index (κ1) is 34.1. The quantitative estimate of drug-likeness (QED) is 0.243. The first-order chi connectivity index (χ1) is 26.0. The SMILES string of the molecule is CC1COc2c(N3CCN(C)CC3)c(F)cc3c(=O)c(-c4nnc(-c5cn(-c6ccc(F)cc6)c6cc(N7CCN(C)CC7)c(F)cc6c5=O)o4)cn1c23. The molecule has 1 atom stereocenters. The predicted octanol–water partition coefficient (Wildman–Crippen LogP) is 4.90. The lowest BCUT2D eigenvalue weighted by atomic mass is 10.1. The molecule has 3 aliphatic rings. The fourth-order valence-electron chi connectivity index (χ4n) is 7.72. The summed E-state index contributed by atoms with van der Waals surface area (Å²) in [7, 11) is 4.03. The van der Waals surface area contributed by atoms with Gasteiger partial charge in [-0.25, -0.2) is 13.2 Å². The summed E-state index contributed by atoms with van der Waals surface area (Å²) in [5.41, 5.74) is 0.951. The number of fused-ring (bicyclic) bond motifs is 1. The number of nitrogens with zero attached hydrogens (tertiary/aromatic N) is 8. The Morgan fingerprint density at radius 3 is 1.98 bits per heavy atom. The van der Waals surface area contributed by atoms with Gasteiger partial charge >= 0.3 is 0 Å². The second kappa shape index (κ2) is 13.0. The lowest BCUT2D eigenvalue weighted by Gasteiger charge is -2.37. The van der Waals surface area contributed by atoms with Gasteiger partial charge < -0.3 is 37.9 Å². The monoisotopic (exact) mass is 738 g/mol. The van der Waals surface area contributed by atoms with Crippen LogP contribution in [0.1, 0.15) is 13.0 Å². The lowest BCUT2D eigenvalue weighted by molar-refractivity contribution is 0.245. The molecule has 9 rings (SSSR count). The van der Waals surface area contributed by atoms with E-state index >= 15 is 8.78 Å². The first-order valence-corrected chi connectivity index (χ1v) is 18.0. The summed E-state index contributed by atoms with van der Waals surface area (Å²) < 4.78 is 61.6. The Labute approximate surface area is 307 Å². The van der Waals surface area contributed by atoms with Gasteiger partial charge in [0, 0.05) is 75.8 Å². The second-order valence-corrected chi connectivity index (χ2v) is 14.4. The van der Waals surface area contributed by atoms with Crippen LogP contribution in [0.25, 0.3) is 50.4 Å². The Morgan fingerprint density at radius 2 is 1.31 bits per heavy atom. The third kappa shape index (κ3) is 5.60. The molecule has 3 aromatic carbocycles. The minimum atomic E-state index is -0.568. The molecule has 6 aromatic rings. The Balaban J connectivity index is 1.17. The minimum Gasteiger partial charge on any atom is -0.487 e. The van der Waals surface area contributed by atoms with Crippen molar-refractivity contribution in [1.82, 2.24) is 29.1 Å². The van der Waals surface area contributed by atoms with E-state index in [2.05, 4.69) is 20.0 Å². The molecule has 0 spiro atoms. The minimum absolute atomic E-state index is 0.0233. The summed E-state index contributed by atoms with van der Waals surface area (Å²) in [5.74, 6) is -1.62. The lowest BCUT2D eigenvalue weighted by Crippen LogP contribution is -2.45. The van der Waals surface area contributed by atoms with Crippen molar-refractivity contribution < 1.29 is 22.3 Å². The summed E-state index contributed by atoms with van der Waals surface area (Å²) in [4.78, 5) is 36.5. The first-order valence-electron chi connectivity index (χ1n) is 18.0. The van der Waals surface area contributed by atoms with Crippen LogP contribution >= 0.6 is 0 Å². The van der Waals surface area contributed by atoms with Gasteiger partial charge in [0.25, 0.3) is 11.8 Å². The highest BCUT2D eigenvalue weighted by atomic mass is 19.1. The number of pyridine rings is 2. The zero-order chi connectivity index (χ0) is 37.4. The predicted molar refractivity (Wildman–Crippen MR) is 200 cm³/mol. The van der Waals surface area contributed by atoms with Crippen molar-refractivity contribution in [1.29, 1.82) is 0 Å². The average Bonchev–Trinajstić information content (AvgIpc) is 3.65. The molecule has 278 valence electrons. The van der Waals surface area contributed by atoms with Crippen LogP contribution in [-0.4, -0.2) is 102 Å². The third-order valence-electron chi connectivity index (χ3n) is 10.9. The molecular formula is C39H37F3N8O4. The summed E-state index contributed by atoms with van der Waals surface area (Å²) in [6, 6.07) is 9.56. The molecule has 2 saturated heterocycles. The summed E-state index contributed by atoms with van der Waals surface area (Å²) in [5, 5.41) is 8.50. The van der Waals surface area contributed by atoms with E-state index in [9.17, 15) is 14.0 Å². The highest BCUT2D eigenvalue weighted by molar-refractivity contribution is 5.94. The molecule has 3 aromatic heterocycles. The molecule has 54 heavy (non-hydrogen) atoms. The van der Waals surface area contributed by atoms with E-state index in [0.717, 1.165) is 26.2 Å². The van der Waals surface area contributed by atoms with Crippen LogP contribution in [0.15, 0.2) is 68.9 Å². The van der Waals surface area contributed by atoms with Crippen molar-refractivity contribution >= 4 is 33.2 Å². The average molecular weight is 739 g/mol. The highest BCUT2D eigenvalue weighted by Gasteiger charge is 2.32. The van der Waals surface area contributed by atoms with E-state index in [1.807, 2.05) is 35.4 Å². The van der Waals surface area contributed by atoms with Crippen LogP contribution in [0.3, 0.4) is 0 Å². The Kier molecular flexibility index (Phi) is 8.23. The van der Waals surface area contributed by atoms with Crippen LogP contribution in [0, 0.1) is 17.5 Å². The molecule has 0 aliphatic carbocycles.